The number of aryl methyl sites for hydroxylation is 1. The first-order chi connectivity index (χ1) is 16.4. The number of nitrogens with zero attached hydrogens (tertiary/aromatic N) is 6. The Bertz CT molecular complexity index is 1460. The molecule has 170 valence electrons. The predicted octanol–water partition coefficient (Wildman–Crippen LogP) is 2.18. The Hall–Kier alpha value is -4.73. The van der Waals surface area contributed by atoms with Gasteiger partial charge in [-0.05, 0) is 53.6 Å². The van der Waals surface area contributed by atoms with Gasteiger partial charge < -0.3 is 5.73 Å². The summed E-state index contributed by atoms with van der Waals surface area (Å²) < 4.78 is 2.73. The summed E-state index contributed by atoms with van der Waals surface area (Å²) in [6.07, 6.45) is 3.14. The minimum Gasteiger partial charge on any atom is -0.366 e. The van der Waals surface area contributed by atoms with Crippen molar-refractivity contribution < 1.29 is 9.59 Å². The lowest BCUT2D eigenvalue weighted by Gasteiger charge is -2.19. The van der Waals surface area contributed by atoms with Gasteiger partial charge in [0.2, 0.25) is 5.91 Å². The van der Waals surface area contributed by atoms with Crippen LogP contribution in [-0.4, -0.2) is 44.4 Å². The molecule has 1 aliphatic heterocycles. The molecular formula is C24H21N7O3. The van der Waals surface area contributed by atoms with Gasteiger partial charge in [-0.2, -0.15) is 5.10 Å². The number of carbonyl (C=O) groups is 2. The first-order valence-corrected chi connectivity index (χ1v) is 10.6. The van der Waals surface area contributed by atoms with E-state index in [-0.39, 0.29) is 11.7 Å². The molecule has 0 radical (unpaired) electrons. The number of benzene rings is 2. The zero-order chi connectivity index (χ0) is 23.8. The van der Waals surface area contributed by atoms with E-state index < -0.39 is 5.91 Å². The number of rotatable bonds is 5. The molecule has 10 nitrogen and oxygen atoms in total. The van der Waals surface area contributed by atoms with Crippen molar-refractivity contribution in [3.05, 3.63) is 89.2 Å². The summed E-state index contributed by atoms with van der Waals surface area (Å²) in [5, 5.41) is 3.97. The van der Waals surface area contributed by atoms with Crippen LogP contribution in [0.5, 0.6) is 0 Å². The molecular weight excluding hydrogens is 434 g/mol. The van der Waals surface area contributed by atoms with Gasteiger partial charge in [-0.3, -0.25) is 14.6 Å². The molecule has 5 rings (SSSR count). The van der Waals surface area contributed by atoms with Crippen LogP contribution < -0.4 is 21.2 Å². The van der Waals surface area contributed by atoms with E-state index in [0.717, 1.165) is 11.1 Å². The van der Waals surface area contributed by atoms with Crippen molar-refractivity contribution in [1.82, 2.24) is 19.3 Å². The minimum atomic E-state index is -0.542. The third-order valence-electron chi connectivity index (χ3n) is 5.78. The molecule has 4 aromatic rings. The maximum atomic E-state index is 13.1. The molecule has 0 unspecified atom stereocenters. The third kappa shape index (κ3) is 3.71. The molecule has 2 N–H and O–H groups in total. The summed E-state index contributed by atoms with van der Waals surface area (Å²) >= 11 is 0. The molecule has 3 amide bonds. The fourth-order valence-corrected chi connectivity index (χ4v) is 3.94. The van der Waals surface area contributed by atoms with E-state index in [1.165, 1.54) is 15.6 Å². The summed E-state index contributed by atoms with van der Waals surface area (Å²) in [7, 11) is 1.60. The maximum absolute atomic E-state index is 13.1. The SMILES string of the molecule is Cn1ncn(-c2ccc(-c3ccnc(N4CCN(c5cccc(C(N)=O)c5)C4=O)c3)cc2)c1=O. The molecule has 10 heteroatoms. The Balaban J connectivity index is 1.39. The van der Waals surface area contributed by atoms with E-state index in [1.54, 1.807) is 47.3 Å². The zero-order valence-corrected chi connectivity index (χ0v) is 18.3. The standard InChI is InChI=1S/C24H21N7O3/c1-28-23(33)31(15-27-28)19-7-5-16(6-8-19)17-9-10-26-21(14-17)30-12-11-29(24(30)34)20-4-2-3-18(13-20)22(25)32/h2-10,13-15H,11-12H2,1H3,(H2,25,32). The van der Waals surface area contributed by atoms with Crippen LogP contribution in [0.2, 0.25) is 0 Å². The lowest BCUT2D eigenvalue weighted by molar-refractivity contribution is 0.1000. The fraction of sp³-hybridized carbons (Fsp3) is 0.125. The van der Waals surface area contributed by atoms with Crippen LogP contribution in [-0.2, 0) is 7.05 Å². The second-order valence-corrected chi connectivity index (χ2v) is 7.86. The molecule has 0 bridgehead atoms. The first-order valence-electron chi connectivity index (χ1n) is 10.6. The number of hydrogen-bond donors (Lipinski definition) is 1. The monoisotopic (exact) mass is 455 g/mol. The molecule has 1 saturated heterocycles. The van der Waals surface area contributed by atoms with Gasteiger partial charge in [-0.1, -0.05) is 18.2 Å². The van der Waals surface area contributed by atoms with Crippen LogP contribution in [0.4, 0.5) is 16.3 Å². The summed E-state index contributed by atoms with van der Waals surface area (Å²) in [5.74, 6) is -0.0113. The van der Waals surface area contributed by atoms with Crippen molar-refractivity contribution in [3.8, 4) is 16.8 Å². The number of nitrogens with two attached hydrogens (primary N) is 1. The van der Waals surface area contributed by atoms with Crippen molar-refractivity contribution in [1.29, 1.82) is 0 Å². The molecule has 0 atom stereocenters. The van der Waals surface area contributed by atoms with Crippen molar-refractivity contribution in [2.45, 2.75) is 0 Å². The molecule has 3 heterocycles. The predicted molar refractivity (Wildman–Crippen MR) is 127 cm³/mol. The van der Waals surface area contributed by atoms with Crippen molar-refractivity contribution in [2.75, 3.05) is 22.9 Å². The summed E-state index contributed by atoms with van der Waals surface area (Å²) in [5.41, 5.74) is 8.62. The Morgan fingerprint density at radius 1 is 0.912 bits per heavy atom. The van der Waals surface area contributed by atoms with Crippen LogP contribution >= 0.6 is 0 Å². The molecule has 0 aliphatic carbocycles. The van der Waals surface area contributed by atoms with Crippen LogP contribution in [0.1, 0.15) is 10.4 Å². The molecule has 0 saturated carbocycles. The number of hydrogen-bond acceptors (Lipinski definition) is 5. The molecule has 34 heavy (non-hydrogen) atoms. The average Bonchev–Trinajstić information content (AvgIpc) is 3.41. The normalized spacial score (nSPS) is 13.5. The number of aromatic nitrogens is 4. The highest BCUT2D eigenvalue weighted by Crippen LogP contribution is 2.28. The topological polar surface area (TPSA) is 119 Å². The van der Waals surface area contributed by atoms with Gasteiger partial charge in [-0.25, -0.2) is 23.8 Å². The van der Waals surface area contributed by atoms with Crippen LogP contribution in [0.25, 0.3) is 16.8 Å². The highest BCUT2D eigenvalue weighted by atomic mass is 16.2. The molecule has 2 aromatic carbocycles. The summed E-state index contributed by atoms with van der Waals surface area (Å²) in [6.45, 7) is 0.917. The Kier molecular flexibility index (Phi) is 5.17. The molecule has 2 aromatic heterocycles. The Morgan fingerprint density at radius 3 is 2.38 bits per heavy atom. The van der Waals surface area contributed by atoms with E-state index in [2.05, 4.69) is 10.1 Å². The molecule has 0 spiro atoms. The van der Waals surface area contributed by atoms with Gasteiger partial charge in [0.05, 0.1) is 5.69 Å². The summed E-state index contributed by atoms with van der Waals surface area (Å²) in [6, 6.07) is 17.7. The fourth-order valence-electron chi connectivity index (χ4n) is 3.94. The maximum Gasteiger partial charge on any atom is 0.350 e. The van der Waals surface area contributed by atoms with Crippen LogP contribution in [0.3, 0.4) is 0 Å². The second-order valence-electron chi connectivity index (χ2n) is 7.86. The largest absolute Gasteiger partial charge is 0.366 e. The number of carbonyl (C=O) groups excluding carboxylic acids is 2. The Labute approximate surface area is 194 Å². The van der Waals surface area contributed by atoms with Crippen LogP contribution in [0, 0.1) is 0 Å². The van der Waals surface area contributed by atoms with Gasteiger partial charge >= 0.3 is 11.7 Å². The zero-order valence-electron chi connectivity index (χ0n) is 18.3. The second kappa shape index (κ2) is 8.32. The van der Waals surface area contributed by atoms with E-state index in [0.29, 0.717) is 35.8 Å². The van der Waals surface area contributed by atoms with E-state index in [1.807, 2.05) is 36.4 Å². The quantitative estimate of drug-likeness (QED) is 0.495. The van der Waals surface area contributed by atoms with Gasteiger partial charge in [0, 0.05) is 37.6 Å². The lowest BCUT2D eigenvalue weighted by atomic mass is 10.1. The minimum absolute atomic E-state index is 0.224. The number of primary amides is 1. The lowest BCUT2D eigenvalue weighted by Crippen LogP contribution is -2.32. The third-order valence-corrected chi connectivity index (χ3v) is 5.78. The highest BCUT2D eigenvalue weighted by molar-refractivity contribution is 6.06. The molecule has 1 aliphatic rings. The number of urea groups is 1. The van der Waals surface area contributed by atoms with Gasteiger partial charge in [-0.15, -0.1) is 0 Å². The summed E-state index contributed by atoms with van der Waals surface area (Å²) in [4.78, 5) is 44.3. The van der Waals surface area contributed by atoms with Crippen molar-refractivity contribution in [3.63, 3.8) is 0 Å². The number of anilines is 2. The number of amides is 3. The average molecular weight is 455 g/mol. The van der Waals surface area contributed by atoms with Gasteiger partial charge in [0.15, 0.2) is 0 Å². The smallest absolute Gasteiger partial charge is 0.350 e. The Morgan fingerprint density at radius 2 is 1.68 bits per heavy atom. The molecule has 1 fully saturated rings. The van der Waals surface area contributed by atoms with E-state index in [9.17, 15) is 14.4 Å². The first kappa shape index (κ1) is 21.1. The van der Waals surface area contributed by atoms with Gasteiger partial charge in [0.1, 0.15) is 12.1 Å². The van der Waals surface area contributed by atoms with Gasteiger partial charge in [0.25, 0.3) is 0 Å². The van der Waals surface area contributed by atoms with E-state index >= 15 is 0 Å². The highest BCUT2D eigenvalue weighted by Gasteiger charge is 2.31. The number of pyridine rings is 1. The van der Waals surface area contributed by atoms with Crippen molar-refractivity contribution >= 4 is 23.4 Å². The van der Waals surface area contributed by atoms with E-state index in [4.69, 9.17) is 5.73 Å². The van der Waals surface area contributed by atoms with Crippen molar-refractivity contribution in [2.24, 2.45) is 12.8 Å². The van der Waals surface area contributed by atoms with Crippen LogP contribution in [0.15, 0.2) is 78.0 Å².